The van der Waals surface area contributed by atoms with Crippen LogP contribution >= 0.6 is 17.0 Å². The number of halogens is 1. The smallest absolute Gasteiger partial charge is 0.336 e. The second kappa shape index (κ2) is 4.92. The SMILES string of the molecule is Br.Cc1cc(C(=O)O)c(CN)c(=O)[nH]1. The van der Waals surface area contributed by atoms with Gasteiger partial charge in [-0.3, -0.25) is 4.79 Å². The van der Waals surface area contributed by atoms with E-state index in [1.807, 2.05) is 0 Å². The summed E-state index contributed by atoms with van der Waals surface area (Å²) in [5, 5.41) is 8.74. The van der Waals surface area contributed by atoms with Gasteiger partial charge in [0.25, 0.3) is 5.56 Å². The highest BCUT2D eigenvalue weighted by molar-refractivity contribution is 8.93. The number of carboxylic acid groups (broad SMARTS) is 1. The molecular weight excluding hydrogens is 252 g/mol. The van der Waals surface area contributed by atoms with E-state index in [9.17, 15) is 9.59 Å². The first-order chi connectivity index (χ1) is 6.06. The van der Waals surface area contributed by atoms with Crippen LogP contribution in [-0.4, -0.2) is 16.1 Å². The summed E-state index contributed by atoms with van der Waals surface area (Å²) in [4.78, 5) is 24.4. The summed E-state index contributed by atoms with van der Waals surface area (Å²) in [7, 11) is 0. The molecule has 5 nitrogen and oxygen atoms in total. The maximum atomic E-state index is 11.2. The van der Waals surface area contributed by atoms with E-state index in [1.165, 1.54) is 6.07 Å². The number of rotatable bonds is 2. The quantitative estimate of drug-likeness (QED) is 0.720. The van der Waals surface area contributed by atoms with Crippen molar-refractivity contribution in [3.8, 4) is 0 Å². The zero-order chi connectivity index (χ0) is 10.0. The third kappa shape index (κ3) is 2.43. The predicted molar refractivity (Wildman–Crippen MR) is 57.0 cm³/mol. The van der Waals surface area contributed by atoms with E-state index in [0.29, 0.717) is 5.69 Å². The van der Waals surface area contributed by atoms with E-state index in [-0.39, 0.29) is 34.7 Å². The number of carbonyl (C=O) groups is 1. The number of aryl methyl sites for hydroxylation is 1. The van der Waals surface area contributed by atoms with Gasteiger partial charge >= 0.3 is 5.97 Å². The van der Waals surface area contributed by atoms with Crippen molar-refractivity contribution in [2.24, 2.45) is 5.73 Å². The minimum atomic E-state index is -1.13. The lowest BCUT2D eigenvalue weighted by Crippen LogP contribution is -2.21. The third-order valence-corrected chi connectivity index (χ3v) is 1.71. The van der Waals surface area contributed by atoms with E-state index in [1.54, 1.807) is 6.92 Å². The van der Waals surface area contributed by atoms with Crippen LogP contribution in [0.1, 0.15) is 21.6 Å². The molecule has 0 spiro atoms. The molecule has 0 amide bonds. The molecule has 0 aliphatic rings. The van der Waals surface area contributed by atoms with Crippen LogP contribution in [0.2, 0.25) is 0 Å². The zero-order valence-corrected chi connectivity index (χ0v) is 9.25. The van der Waals surface area contributed by atoms with Gasteiger partial charge in [0.2, 0.25) is 0 Å². The van der Waals surface area contributed by atoms with E-state index < -0.39 is 11.5 Å². The molecule has 4 N–H and O–H groups in total. The van der Waals surface area contributed by atoms with E-state index in [2.05, 4.69) is 4.98 Å². The summed E-state index contributed by atoms with van der Waals surface area (Å²) in [5.41, 5.74) is 5.42. The summed E-state index contributed by atoms with van der Waals surface area (Å²) in [5.74, 6) is -1.13. The fraction of sp³-hybridized carbons (Fsp3) is 0.250. The summed E-state index contributed by atoms with van der Waals surface area (Å²) in [6, 6.07) is 1.39. The number of nitrogens with two attached hydrogens (primary N) is 1. The molecule has 0 fully saturated rings. The van der Waals surface area contributed by atoms with Crippen LogP contribution in [0.5, 0.6) is 0 Å². The molecule has 14 heavy (non-hydrogen) atoms. The molecular formula is C8H11BrN2O3. The average Bonchev–Trinajstić information content (AvgIpc) is 2.02. The molecule has 0 atom stereocenters. The molecule has 0 saturated carbocycles. The highest BCUT2D eigenvalue weighted by Crippen LogP contribution is 2.04. The Kier molecular flexibility index (Phi) is 4.52. The largest absolute Gasteiger partial charge is 0.478 e. The fourth-order valence-electron chi connectivity index (χ4n) is 1.11. The third-order valence-electron chi connectivity index (χ3n) is 1.71. The van der Waals surface area contributed by atoms with Gasteiger partial charge in [-0.25, -0.2) is 4.79 Å². The molecule has 0 aliphatic heterocycles. The van der Waals surface area contributed by atoms with Gasteiger partial charge < -0.3 is 15.8 Å². The van der Waals surface area contributed by atoms with Crippen LogP contribution in [0.25, 0.3) is 0 Å². The molecule has 0 radical (unpaired) electrons. The Morgan fingerprint density at radius 3 is 2.64 bits per heavy atom. The number of aromatic carboxylic acids is 1. The Hall–Kier alpha value is -1.14. The van der Waals surface area contributed by atoms with Gasteiger partial charge in [0.15, 0.2) is 0 Å². The highest BCUT2D eigenvalue weighted by atomic mass is 79.9. The molecule has 0 aliphatic carbocycles. The van der Waals surface area contributed by atoms with Crippen molar-refractivity contribution < 1.29 is 9.90 Å². The fourth-order valence-corrected chi connectivity index (χ4v) is 1.11. The maximum absolute atomic E-state index is 11.2. The van der Waals surface area contributed by atoms with E-state index >= 15 is 0 Å². The van der Waals surface area contributed by atoms with Crippen LogP contribution in [0, 0.1) is 6.92 Å². The number of nitrogens with one attached hydrogen (secondary N) is 1. The number of carboxylic acids is 1. The molecule has 0 unspecified atom stereocenters. The van der Waals surface area contributed by atoms with Crippen molar-refractivity contribution in [3.63, 3.8) is 0 Å². The lowest BCUT2D eigenvalue weighted by atomic mass is 10.1. The Labute approximate surface area is 90.7 Å². The van der Waals surface area contributed by atoms with Crippen LogP contribution in [0.4, 0.5) is 0 Å². The lowest BCUT2D eigenvalue weighted by molar-refractivity contribution is 0.0695. The number of hydrogen-bond donors (Lipinski definition) is 3. The van der Waals surface area contributed by atoms with Crippen molar-refractivity contribution in [2.45, 2.75) is 13.5 Å². The Morgan fingerprint density at radius 1 is 1.64 bits per heavy atom. The molecule has 1 heterocycles. The number of pyridine rings is 1. The number of aromatic nitrogens is 1. The van der Waals surface area contributed by atoms with Gasteiger partial charge in [-0.1, -0.05) is 0 Å². The lowest BCUT2D eigenvalue weighted by Gasteiger charge is -2.02. The standard InChI is InChI=1S/C8H10N2O3.BrH/c1-4-2-5(8(12)13)6(3-9)7(11)10-4;/h2H,3,9H2,1H3,(H,10,11)(H,12,13);1H. The van der Waals surface area contributed by atoms with Crippen molar-refractivity contribution in [1.29, 1.82) is 0 Å². The van der Waals surface area contributed by atoms with Crippen LogP contribution in [-0.2, 0) is 6.54 Å². The molecule has 1 aromatic heterocycles. The first kappa shape index (κ1) is 12.9. The molecule has 0 bridgehead atoms. The van der Waals surface area contributed by atoms with Gasteiger partial charge in [-0.05, 0) is 13.0 Å². The van der Waals surface area contributed by atoms with Crippen LogP contribution in [0.3, 0.4) is 0 Å². The van der Waals surface area contributed by atoms with Crippen molar-refractivity contribution in [2.75, 3.05) is 0 Å². The molecule has 0 aromatic carbocycles. The Bertz CT molecular complexity index is 400. The van der Waals surface area contributed by atoms with Crippen molar-refractivity contribution >= 4 is 23.0 Å². The average molecular weight is 263 g/mol. The van der Waals surface area contributed by atoms with Crippen molar-refractivity contribution in [3.05, 3.63) is 33.2 Å². The first-order valence-corrected chi connectivity index (χ1v) is 3.72. The van der Waals surface area contributed by atoms with Gasteiger partial charge in [-0.2, -0.15) is 0 Å². The minimum absolute atomic E-state index is 0. The molecule has 1 rings (SSSR count). The first-order valence-electron chi connectivity index (χ1n) is 3.72. The van der Waals surface area contributed by atoms with Crippen molar-refractivity contribution in [1.82, 2.24) is 4.98 Å². The van der Waals surface area contributed by atoms with Crippen LogP contribution in [0.15, 0.2) is 10.9 Å². The normalized spacial score (nSPS) is 9.29. The minimum Gasteiger partial charge on any atom is -0.478 e. The van der Waals surface area contributed by atoms with Crippen LogP contribution < -0.4 is 11.3 Å². The Balaban J connectivity index is 0.00000169. The zero-order valence-electron chi connectivity index (χ0n) is 7.53. The Morgan fingerprint density at radius 2 is 2.21 bits per heavy atom. The molecule has 1 aromatic rings. The predicted octanol–water partition coefficient (Wildman–Crippen LogP) is 0.418. The molecule has 78 valence electrons. The summed E-state index contributed by atoms with van der Waals surface area (Å²) in [6.45, 7) is 1.55. The van der Waals surface area contributed by atoms with Gasteiger partial charge in [0.05, 0.1) is 5.56 Å². The maximum Gasteiger partial charge on any atom is 0.336 e. The highest BCUT2D eigenvalue weighted by Gasteiger charge is 2.12. The number of aromatic amines is 1. The number of hydrogen-bond acceptors (Lipinski definition) is 3. The number of H-pyrrole nitrogens is 1. The second-order valence-electron chi connectivity index (χ2n) is 2.68. The summed E-state index contributed by atoms with van der Waals surface area (Å²) >= 11 is 0. The van der Waals surface area contributed by atoms with Gasteiger partial charge in [0, 0.05) is 17.8 Å². The van der Waals surface area contributed by atoms with Gasteiger partial charge in [0.1, 0.15) is 0 Å². The second-order valence-corrected chi connectivity index (χ2v) is 2.68. The topological polar surface area (TPSA) is 96.2 Å². The molecule has 6 heteroatoms. The van der Waals surface area contributed by atoms with E-state index in [0.717, 1.165) is 0 Å². The summed E-state index contributed by atoms with van der Waals surface area (Å²) < 4.78 is 0. The van der Waals surface area contributed by atoms with E-state index in [4.69, 9.17) is 10.8 Å². The summed E-state index contributed by atoms with van der Waals surface area (Å²) in [6.07, 6.45) is 0. The molecule has 0 saturated heterocycles. The monoisotopic (exact) mass is 262 g/mol. The van der Waals surface area contributed by atoms with Gasteiger partial charge in [-0.15, -0.1) is 17.0 Å².